The maximum atomic E-state index is 12.7. The van der Waals surface area contributed by atoms with E-state index in [1.54, 1.807) is 31.2 Å². The number of hydrogen-bond donors (Lipinski definition) is 1. The van der Waals surface area contributed by atoms with Gasteiger partial charge in [0.15, 0.2) is 0 Å². The van der Waals surface area contributed by atoms with E-state index in [9.17, 15) is 14.7 Å². The molecule has 1 N–H and O–H groups in total. The molecule has 2 rings (SSSR count). The minimum atomic E-state index is -1.06. The van der Waals surface area contributed by atoms with E-state index in [1.165, 1.54) is 4.90 Å². The third-order valence-corrected chi connectivity index (χ3v) is 5.68. The van der Waals surface area contributed by atoms with Gasteiger partial charge in [-0.25, -0.2) is 4.79 Å². The predicted octanol–water partition coefficient (Wildman–Crippen LogP) is 4.69. The Kier molecular flexibility index (Phi) is 6.31. The average Bonchev–Trinajstić information content (AvgIpc) is 2.77. The first-order chi connectivity index (χ1) is 11.3. The Morgan fingerprint density at radius 1 is 1.46 bits per heavy atom. The Hall–Kier alpha value is -1.08. The molecule has 128 valence electrons. The van der Waals surface area contributed by atoms with Crippen LogP contribution in [-0.4, -0.2) is 32.2 Å². The summed E-state index contributed by atoms with van der Waals surface area (Å²) < 4.78 is 0.240. The van der Waals surface area contributed by atoms with Crippen molar-refractivity contribution < 1.29 is 14.7 Å². The highest BCUT2D eigenvalue weighted by Gasteiger charge is 2.42. The number of nitrogens with zero attached hydrogens (tertiary/aromatic N) is 1. The fraction of sp³-hybridized carbons (Fsp3) is 0.312. The number of carbonyl (C=O) groups excluding carboxylic acids is 1. The lowest BCUT2D eigenvalue weighted by atomic mass is 9.98. The van der Waals surface area contributed by atoms with Gasteiger partial charge in [-0.2, -0.15) is 0 Å². The number of hydrogen-bond acceptors (Lipinski definition) is 4. The summed E-state index contributed by atoms with van der Waals surface area (Å²) in [6, 6.07) is 3.96. The summed E-state index contributed by atoms with van der Waals surface area (Å²) in [6.45, 7) is 3.67. The Labute approximate surface area is 159 Å². The van der Waals surface area contributed by atoms with Crippen LogP contribution in [0.1, 0.15) is 25.8 Å². The fourth-order valence-electron chi connectivity index (χ4n) is 2.31. The van der Waals surface area contributed by atoms with Gasteiger partial charge >= 0.3 is 5.97 Å². The summed E-state index contributed by atoms with van der Waals surface area (Å²) >= 11 is 18.3. The van der Waals surface area contributed by atoms with Gasteiger partial charge in [0.25, 0.3) is 5.91 Å². The van der Waals surface area contributed by atoms with Crippen molar-refractivity contribution in [3.8, 4) is 0 Å². The van der Waals surface area contributed by atoms with Crippen LogP contribution in [0.4, 0.5) is 0 Å². The van der Waals surface area contributed by atoms with E-state index in [0.717, 1.165) is 11.8 Å². The van der Waals surface area contributed by atoms with Crippen molar-refractivity contribution in [3.05, 3.63) is 38.7 Å². The van der Waals surface area contributed by atoms with Gasteiger partial charge < -0.3 is 5.11 Å². The normalized spacial score (nSPS) is 19.0. The Morgan fingerprint density at radius 2 is 2.12 bits per heavy atom. The van der Waals surface area contributed by atoms with Crippen LogP contribution in [-0.2, 0) is 9.59 Å². The molecule has 1 heterocycles. The molecular weight excluding hydrogens is 389 g/mol. The zero-order chi connectivity index (χ0) is 18.0. The van der Waals surface area contributed by atoms with E-state index < -0.39 is 17.9 Å². The van der Waals surface area contributed by atoms with E-state index >= 15 is 0 Å². The first kappa shape index (κ1) is 19.2. The van der Waals surface area contributed by atoms with Gasteiger partial charge in [-0.15, -0.1) is 0 Å². The molecule has 0 saturated carbocycles. The topological polar surface area (TPSA) is 57.6 Å². The molecule has 4 nitrogen and oxygen atoms in total. The average molecular weight is 404 g/mol. The monoisotopic (exact) mass is 403 g/mol. The summed E-state index contributed by atoms with van der Waals surface area (Å²) in [5.74, 6) is -1.70. The summed E-state index contributed by atoms with van der Waals surface area (Å²) in [4.78, 5) is 25.8. The molecule has 0 spiro atoms. The number of aliphatic carboxylic acids is 1. The molecule has 1 saturated heterocycles. The fourth-order valence-corrected chi connectivity index (χ4v) is 4.09. The van der Waals surface area contributed by atoms with Crippen molar-refractivity contribution in [2.24, 2.45) is 5.92 Å². The molecule has 1 fully saturated rings. The number of carbonyl (C=O) groups is 2. The quantitative estimate of drug-likeness (QED) is 0.570. The predicted molar refractivity (Wildman–Crippen MR) is 102 cm³/mol. The summed E-state index contributed by atoms with van der Waals surface area (Å²) in [7, 11) is 0. The van der Waals surface area contributed by atoms with Gasteiger partial charge in [-0.1, -0.05) is 73.5 Å². The second kappa shape index (κ2) is 7.87. The van der Waals surface area contributed by atoms with Gasteiger partial charge in [0.2, 0.25) is 0 Å². The number of carboxylic acid groups (broad SMARTS) is 1. The minimum absolute atomic E-state index is 0.219. The standard InChI is InChI=1S/C16H15Cl2NO3S2/c1-3-8(2)13(15(21)22)19-14(20)12(24-16(19)23)6-9-4-5-10(17)7-11(9)18/h4-8,13H,3H2,1-2H3,(H,21,22)/b12-6-. The number of amides is 1. The van der Waals surface area contributed by atoms with Crippen LogP contribution in [0.2, 0.25) is 10.0 Å². The van der Waals surface area contributed by atoms with Crippen molar-refractivity contribution in [1.29, 1.82) is 0 Å². The van der Waals surface area contributed by atoms with Crippen LogP contribution in [0.5, 0.6) is 0 Å². The van der Waals surface area contributed by atoms with Crippen LogP contribution in [0.25, 0.3) is 6.08 Å². The lowest BCUT2D eigenvalue weighted by molar-refractivity contribution is -0.147. The SMILES string of the molecule is CCC(C)C(C(=O)O)N1C(=O)/C(=C/c2ccc(Cl)cc2Cl)SC1=S. The molecule has 1 aromatic rings. The van der Waals surface area contributed by atoms with Crippen molar-refractivity contribution in [3.63, 3.8) is 0 Å². The summed E-state index contributed by atoms with van der Waals surface area (Å²) in [5.41, 5.74) is 0.622. The van der Waals surface area contributed by atoms with E-state index in [2.05, 4.69) is 0 Å². The molecule has 1 aliphatic heterocycles. The zero-order valence-electron chi connectivity index (χ0n) is 13.0. The van der Waals surface area contributed by atoms with E-state index in [-0.39, 0.29) is 10.2 Å². The van der Waals surface area contributed by atoms with Crippen LogP contribution in [0, 0.1) is 5.92 Å². The summed E-state index contributed by atoms with van der Waals surface area (Å²) in [5, 5.41) is 10.4. The van der Waals surface area contributed by atoms with Gasteiger partial charge in [0.05, 0.1) is 4.91 Å². The second-order valence-corrected chi connectivity index (χ2v) is 7.91. The third kappa shape index (κ3) is 3.94. The molecule has 1 amide bonds. The van der Waals surface area contributed by atoms with Gasteiger partial charge in [0.1, 0.15) is 10.4 Å². The van der Waals surface area contributed by atoms with E-state index in [0.29, 0.717) is 26.9 Å². The molecule has 0 aliphatic carbocycles. The smallest absolute Gasteiger partial charge is 0.327 e. The van der Waals surface area contributed by atoms with Crippen LogP contribution < -0.4 is 0 Å². The number of halogens is 2. The zero-order valence-corrected chi connectivity index (χ0v) is 16.1. The molecule has 0 radical (unpaired) electrons. The number of rotatable bonds is 5. The van der Waals surface area contributed by atoms with Crippen molar-refractivity contribution in [2.75, 3.05) is 0 Å². The van der Waals surface area contributed by atoms with Gasteiger partial charge in [-0.05, 0) is 29.7 Å². The molecule has 1 aliphatic rings. The lowest BCUT2D eigenvalue weighted by Crippen LogP contribution is -2.47. The molecular formula is C16H15Cl2NO3S2. The highest BCUT2D eigenvalue weighted by atomic mass is 35.5. The largest absolute Gasteiger partial charge is 0.480 e. The highest BCUT2D eigenvalue weighted by molar-refractivity contribution is 8.26. The molecule has 8 heteroatoms. The van der Waals surface area contributed by atoms with Gasteiger partial charge in [-0.3, -0.25) is 9.69 Å². The second-order valence-electron chi connectivity index (χ2n) is 5.39. The molecule has 2 atom stereocenters. The maximum absolute atomic E-state index is 12.7. The first-order valence-corrected chi connectivity index (χ1v) is 9.19. The number of carboxylic acids is 1. The Bertz CT molecular complexity index is 736. The molecule has 1 aromatic carbocycles. The molecule has 24 heavy (non-hydrogen) atoms. The van der Waals surface area contributed by atoms with Gasteiger partial charge in [0, 0.05) is 10.0 Å². The van der Waals surface area contributed by atoms with E-state index in [4.69, 9.17) is 35.4 Å². The number of thioether (sulfide) groups is 1. The molecule has 0 bridgehead atoms. The van der Waals surface area contributed by atoms with Crippen molar-refractivity contribution in [2.45, 2.75) is 26.3 Å². The summed E-state index contributed by atoms with van der Waals surface area (Å²) in [6.07, 6.45) is 2.23. The van der Waals surface area contributed by atoms with Crippen LogP contribution in [0.15, 0.2) is 23.1 Å². The maximum Gasteiger partial charge on any atom is 0.327 e. The Morgan fingerprint density at radius 3 is 2.67 bits per heavy atom. The van der Waals surface area contributed by atoms with Crippen LogP contribution in [0.3, 0.4) is 0 Å². The Balaban J connectivity index is 2.37. The number of thiocarbonyl (C=S) groups is 1. The third-order valence-electron chi connectivity index (χ3n) is 3.79. The van der Waals surface area contributed by atoms with Crippen molar-refractivity contribution >= 4 is 69.5 Å². The van der Waals surface area contributed by atoms with Crippen molar-refractivity contribution in [1.82, 2.24) is 4.90 Å². The first-order valence-electron chi connectivity index (χ1n) is 7.21. The van der Waals surface area contributed by atoms with Crippen LogP contribution >= 0.6 is 47.2 Å². The lowest BCUT2D eigenvalue weighted by Gasteiger charge is -2.27. The minimum Gasteiger partial charge on any atom is -0.480 e. The van der Waals surface area contributed by atoms with E-state index in [1.807, 2.05) is 6.92 Å². The highest BCUT2D eigenvalue weighted by Crippen LogP contribution is 2.37. The molecule has 2 unspecified atom stereocenters. The number of benzene rings is 1. The molecule has 0 aromatic heterocycles.